The normalized spacial score (nSPS) is 36.8. The number of likely N-dealkylation sites (N-methyl/N-ethyl adjacent to an activating group) is 1. The van der Waals surface area contributed by atoms with Crippen molar-refractivity contribution >= 4 is 17.6 Å². The number of hydrogen-bond donors (Lipinski definition) is 8. The molecule has 2 fully saturated rings. The van der Waals surface area contributed by atoms with E-state index in [0.717, 1.165) is 0 Å². The van der Waals surface area contributed by atoms with Gasteiger partial charge >= 0.3 is 11.9 Å². The van der Waals surface area contributed by atoms with Crippen LogP contribution in [0.3, 0.4) is 0 Å². The standard InChI is InChI=1S/C22H32N2O12/c1-8-14(24-2)11(6-34-22-18(29)16(27)17(28)19(36-22)20(30)31)15(26)13(35-8)7-33-21(32)10-5-9(23)3-4-12(10)25/h3-5,8,11,13-19,22,24-29H,6-7,23H2,1-2H3,(H,30,31)/t8-,11-,13?,14?,15+,16+,17-,18?,19?,22+/m0/s1. The maximum Gasteiger partial charge on any atom is 0.342 e. The third kappa shape index (κ3) is 5.87. The lowest BCUT2D eigenvalue weighted by atomic mass is 9.85. The third-order valence-corrected chi connectivity index (χ3v) is 6.39. The summed E-state index contributed by atoms with van der Waals surface area (Å²) in [5.74, 6) is -3.47. The number of aliphatic carboxylic acids is 1. The van der Waals surface area contributed by atoms with Crippen LogP contribution in [-0.2, 0) is 23.7 Å². The van der Waals surface area contributed by atoms with Gasteiger partial charge in [0.2, 0.25) is 0 Å². The number of anilines is 1. The number of aromatic hydroxyl groups is 1. The molecule has 2 saturated heterocycles. The fourth-order valence-electron chi connectivity index (χ4n) is 4.41. The van der Waals surface area contributed by atoms with Gasteiger partial charge in [0.15, 0.2) is 12.4 Å². The van der Waals surface area contributed by atoms with Gasteiger partial charge in [-0.25, -0.2) is 9.59 Å². The second-order valence-electron chi connectivity index (χ2n) is 8.79. The maximum absolute atomic E-state index is 12.4. The van der Waals surface area contributed by atoms with Crippen molar-refractivity contribution in [3.8, 4) is 5.75 Å². The van der Waals surface area contributed by atoms with E-state index in [-0.39, 0.29) is 30.2 Å². The zero-order valence-electron chi connectivity index (χ0n) is 19.6. The van der Waals surface area contributed by atoms with Crippen molar-refractivity contribution in [1.29, 1.82) is 0 Å². The number of carbonyl (C=O) groups is 2. The first-order valence-electron chi connectivity index (χ1n) is 11.3. The highest BCUT2D eigenvalue weighted by molar-refractivity contribution is 5.93. The number of benzene rings is 1. The van der Waals surface area contributed by atoms with E-state index >= 15 is 0 Å². The maximum atomic E-state index is 12.4. The van der Waals surface area contributed by atoms with Crippen LogP contribution in [0.2, 0.25) is 0 Å². The number of phenols is 1. The minimum atomic E-state index is -1.87. The Morgan fingerprint density at radius 2 is 1.75 bits per heavy atom. The molecule has 0 spiro atoms. The lowest BCUT2D eigenvalue weighted by Crippen LogP contribution is -2.62. The number of nitrogen functional groups attached to an aromatic ring is 1. The van der Waals surface area contributed by atoms with Crippen molar-refractivity contribution in [2.75, 3.05) is 26.0 Å². The third-order valence-electron chi connectivity index (χ3n) is 6.39. The molecule has 1 aromatic carbocycles. The Balaban J connectivity index is 1.67. The van der Waals surface area contributed by atoms with E-state index in [9.17, 15) is 40.2 Å². The molecule has 0 bridgehead atoms. The fourth-order valence-corrected chi connectivity index (χ4v) is 4.41. The van der Waals surface area contributed by atoms with E-state index in [2.05, 4.69) is 5.32 Å². The summed E-state index contributed by atoms with van der Waals surface area (Å²) < 4.78 is 21.7. The van der Waals surface area contributed by atoms with E-state index in [1.807, 2.05) is 0 Å². The van der Waals surface area contributed by atoms with Crippen LogP contribution in [0.15, 0.2) is 18.2 Å². The number of carbonyl (C=O) groups excluding carboxylic acids is 1. The number of aliphatic hydroxyl groups excluding tert-OH is 4. The van der Waals surface area contributed by atoms with Crippen LogP contribution < -0.4 is 11.1 Å². The summed E-state index contributed by atoms with van der Waals surface area (Å²) in [5, 5.41) is 63.0. The van der Waals surface area contributed by atoms with Crippen LogP contribution in [0.25, 0.3) is 0 Å². The summed E-state index contributed by atoms with van der Waals surface area (Å²) >= 11 is 0. The van der Waals surface area contributed by atoms with Gasteiger partial charge in [-0.15, -0.1) is 0 Å². The number of aliphatic hydroxyl groups is 4. The van der Waals surface area contributed by atoms with Crippen LogP contribution in [-0.4, -0.2) is 118 Å². The van der Waals surface area contributed by atoms with Gasteiger partial charge in [0.05, 0.1) is 18.8 Å². The Bertz CT molecular complexity index is 932. The molecule has 14 heteroatoms. The van der Waals surface area contributed by atoms with E-state index in [4.69, 9.17) is 24.7 Å². The molecule has 2 aliphatic rings. The van der Waals surface area contributed by atoms with E-state index < -0.39 is 72.9 Å². The molecule has 4 unspecified atom stereocenters. The Morgan fingerprint density at radius 1 is 1.06 bits per heavy atom. The molecule has 0 saturated carbocycles. The summed E-state index contributed by atoms with van der Waals surface area (Å²) in [7, 11) is 1.62. The number of esters is 1. The largest absolute Gasteiger partial charge is 0.507 e. The molecule has 2 heterocycles. The molecule has 0 aromatic heterocycles. The Labute approximate surface area is 206 Å². The van der Waals surface area contributed by atoms with Crippen molar-refractivity contribution in [2.24, 2.45) is 5.92 Å². The van der Waals surface area contributed by atoms with Crippen molar-refractivity contribution in [2.45, 2.75) is 62.0 Å². The quantitative estimate of drug-likeness (QED) is 0.101. The van der Waals surface area contributed by atoms with Gasteiger partial charge in [0.25, 0.3) is 0 Å². The number of hydrogen-bond acceptors (Lipinski definition) is 13. The molecular formula is C22H32N2O12. The lowest BCUT2D eigenvalue weighted by molar-refractivity contribution is -0.301. The van der Waals surface area contributed by atoms with Crippen molar-refractivity contribution in [3.05, 3.63) is 23.8 Å². The molecule has 2 aliphatic heterocycles. The Kier molecular flexibility index (Phi) is 9.08. The zero-order valence-corrected chi connectivity index (χ0v) is 19.6. The summed E-state index contributed by atoms with van der Waals surface area (Å²) in [6.07, 6.45) is -11.6. The number of ether oxygens (including phenoxy) is 4. The number of carboxylic acid groups (broad SMARTS) is 1. The van der Waals surface area contributed by atoms with Crippen LogP contribution in [0.4, 0.5) is 5.69 Å². The van der Waals surface area contributed by atoms with Crippen LogP contribution in [0.1, 0.15) is 17.3 Å². The first-order chi connectivity index (χ1) is 17.0. The average Bonchev–Trinajstić information content (AvgIpc) is 2.83. The molecule has 202 valence electrons. The summed E-state index contributed by atoms with van der Waals surface area (Å²) in [5.41, 5.74) is 5.73. The Morgan fingerprint density at radius 3 is 2.39 bits per heavy atom. The fraction of sp³-hybridized carbons (Fsp3) is 0.636. The molecule has 0 aliphatic carbocycles. The predicted molar refractivity (Wildman–Crippen MR) is 120 cm³/mol. The first-order valence-corrected chi connectivity index (χ1v) is 11.3. The van der Waals surface area contributed by atoms with Crippen molar-refractivity contribution in [1.82, 2.24) is 5.32 Å². The van der Waals surface area contributed by atoms with Crippen LogP contribution in [0.5, 0.6) is 5.75 Å². The minimum Gasteiger partial charge on any atom is -0.507 e. The summed E-state index contributed by atoms with van der Waals surface area (Å²) in [6.45, 7) is 1.06. The average molecular weight is 517 g/mol. The second-order valence-corrected chi connectivity index (χ2v) is 8.79. The highest BCUT2D eigenvalue weighted by atomic mass is 16.7. The van der Waals surface area contributed by atoms with Gasteiger partial charge in [-0.3, -0.25) is 0 Å². The van der Waals surface area contributed by atoms with Gasteiger partial charge in [-0.1, -0.05) is 0 Å². The lowest BCUT2D eigenvalue weighted by Gasteiger charge is -2.45. The van der Waals surface area contributed by atoms with Gasteiger partial charge in [0.1, 0.15) is 42.3 Å². The summed E-state index contributed by atoms with van der Waals surface area (Å²) in [4.78, 5) is 23.7. The molecular weight excluding hydrogens is 484 g/mol. The zero-order chi connectivity index (χ0) is 26.7. The smallest absolute Gasteiger partial charge is 0.342 e. The molecule has 14 nitrogen and oxygen atoms in total. The number of phenolic OH excluding ortho intramolecular Hbond substituents is 1. The molecule has 9 N–H and O–H groups in total. The van der Waals surface area contributed by atoms with E-state index in [1.165, 1.54) is 18.2 Å². The predicted octanol–water partition coefficient (Wildman–Crippen LogP) is -2.61. The minimum absolute atomic E-state index is 0.154. The first kappa shape index (κ1) is 28.0. The molecule has 0 amide bonds. The number of nitrogens with one attached hydrogen (secondary N) is 1. The molecule has 3 rings (SSSR count). The monoisotopic (exact) mass is 516 g/mol. The van der Waals surface area contributed by atoms with Crippen molar-refractivity contribution < 1.29 is 59.2 Å². The van der Waals surface area contributed by atoms with Crippen LogP contribution >= 0.6 is 0 Å². The molecule has 0 radical (unpaired) electrons. The Hall–Kier alpha value is -2.56. The topological polar surface area (TPSA) is 230 Å². The highest BCUT2D eigenvalue weighted by Crippen LogP contribution is 2.30. The second kappa shape index (κ2) is 11.7. The van der Waals surface area contributed by atoms with Gasteiger partial charge < -0.3 is 60.6 Å². The van der Waals surface area contributed by atoms with Crippen molar-refractivity contribution in [3.63, 3.8) is 0 Å². The highest BCUT2D eigenvalue weighted by Gasteiger charge is 2.49. The van der Waals surface area contributed by atoms with Gasteiger partial charge in [0, 0.05) is 17.6 Å². The number of carboxylic acids is 1. The van der Waals surface area contributed by atoms with Gasteiger partial charge in [-0.05, 0) is 32.2 Å². The van der Waals surface area contributed by atoms with E-state index in [0.29, 0.717) is 0 Å². The van der Waals surface area contributed by atoms with Gasteiger partial charge in [-0.2, -0.15) is 0 Å². The number of rotatable bonds is 8. The number of nitrogens with two attached hydrogens (primary N) is 1. The van der Waals surface area contributed by atoms with E-state index in [1.54, 1.807) is 14.0 Å². The van der Waals surface area contributed by atoms with Crippen LogP contribution in [0, 0.1) is 5.92 Å². The molecule has 10 atom stereocenters. The molecule has 36 heavy (non-hydrogen) atoms. The summed E-state index contributed by atoms with van der Waals surface area (Å²) in [6, 6.07) is 3.43. The molecule has 1 aromatic rings. The SMILES string of the molecule is CNC1[C@H](C)OC(COC(=O)c2cc(N)ccc2O)[C@H](O)[C@H]1CO[C@@H]1OC(C(=O)O)[C@@H](O)[C@@H](O)C1O.